The van der Waals surface area contributed by atoms with E-state index in [0.717, 1.165) is 41.5 Å². The minimum atomic E-state index is -0.217. The molecule has 5 heteroatoms. The fourth-order valence-corrected chi connectivity index (χ4v) is 3.00. The third-order valence-corrected chi connectivity index (χ3v) is 4.02. The highest BCUT2D eigenvalue weighted by Gasteiger charge is 2.37. The summed E-state index contributed by atoms with van der Waals surface area (Å²) < 4.78 is 0.903. The lowest BCUT2D eigenvalue weighted by Crippen LogP contribution is -2.36. The van der Waals surface area contributed by atoms with E-state index in [0.29, 0.717) is 5.69 Å². The van der Waals surface area contributed by atoms with E-state index in [4.69, 9.17) is 0 Å². The largest absolute Gasteiger partial charge is 0.383 e. The lowest BCUT2D eigenvalue weighted by atomic mass is 10.1. The molecule has 0 atom stereocenters. The summed E-state index contributed by atoms with van der Waals surface area (Å²) in [5, 5.41) is 3.28. The van der Waals surface area contributed by atoms with Gasteiger partial charge in [-0.3, -0.25) is 9.59 Å². The van der Waals surface area contributed by atoms with Gasteiger partial charge in [0.15, 0.2) is 0 Å². The highest BCUT2D eigenvalue weighted by molar-refractivity contribution is 9.10. The predicted octanol–water partition coefficient (Wildman–Crippen LogP) is 2.71. The molecule has 1 fully saturated rings. The monoisotopic (exact) mass is 322 g/mol. The molecule has 1 heterocycles. The standard InChI is InChI=1S/C14H15BrN2O2/c1-8(18)17(14(19)9-2-3-9)12-7-11(15)6-10-4-5-16-13(10)12/h6-7,9,16H,2-5H2,1H3. The quantitative estimate of drug-likeness (QED) is 0.910. The normalized spacial score (nSPS) is 16.7. The van der Waals surface area contributed by atoms with Crippen molar-refractivity contribution >= 4 is 39.1 Å². The molecule has 1 aliphatic carbocycles. The van der Waals surface area contributed by atoms with Crippen molar-refractivity contribution in [2.45, 2.75) is 26.2 Å². The van der Waals surface area contributed by atoms with Crippen LogP contribution in [0.4, 0.5) is 11.4 Å². The number of imide groups is 1. The van der Waals surface area contributed by atoms with Crippen LogP contribution >= 0.6 is 15.9 Å². The number of carbonyl (C=O) groups is 2. The Labute approximate surface area is 120 Å². The Morgan fingerprint density at radius 2 is 2.11 bits per heavy atom. The van der Waals surface area contributed by atoms with E-state index in [-0.39, 0.29) is 17.7 Å². The molecule has 3 rings (SSSR count). The summed E-state index contributed by atoms with van der Waals surface area (Å²) in [5.41, 5.74) is 2.76. The summed E-state index contributed by atoms with van der Waals surface area (Å²) in [7, 11) is 0. The number of anilines is 2. The number of nitrogens with zero attached hydrogens (tertiary/aromatic N) is 1. The molecule has 0 unspecified atom stereocenters. The van der Waals surface area contributed by atoms with Gasteiger partial charge in [-0.05, 0) is 37.0 Å². The highest BCUT2D eigenvalue weighted by Crippen LogP contribution is 2.40. The van der Waals surface area contributed by atoms with Crippen LogP contribution in [0.1, 0.15) is 25.3 Å². The number of hydrogen-bond donors (Lipinski definition) is 1. The van der Waals surface area contributed by atoms with E-state index in [1.807, 2.05) is 12.1 Å². The molecule has 2 aliphatic rings. The number of benzene rings is 1. The summed E-state index contributed by atoms with van der Waals surface area (Å²) >= 11 is 3.46. The molecule has 0 spiro atoms. The minimum Gasteiger partial charge on any atom is -0.383 e. The molecule has 0 radical (unpaired) electrons. The molecule has 4 nitrogen and oxygen atoms in total. The molecule has 19 heavy (non-hydrogen) atoms. The van der Waals surface area contributed by atoms with Gasteiger partial charge in [0.05, 0.1) is 11.4 Å². The molecule has 100 valence electrons. The number of nitrogens with one attached hydrogen (secondary N) is 1. The van der Waals surface area contributed by atoms with Gasteiger partial charge in [-0.25, -0.2) is 4.90 Å². The second-order valence-electron chi connectivity index (χ2n) is 5.10. The molecular formula is C14H15BrN2O2. The van der Waals surface area contributed by atoms with Crippen molar-refractivity contribution in [3.63, 3.8) is 0 Å². The van der Waals surface area contributed by atoms with Gasteiger partial charge in [0.2, 0.25) is 11.8 Å². The summed E-state index contributed by atoms with van der Waals surface area (Å²) in [5.74, 6) is -0.257. The third kappa shape index (κ3) is 2.27. The van der Waals surface area contributed by atoms with Crippen LogP contribution in [0, 0.1) is 5.92 Å². The van der Waals surface area contributed by atoms with Gasteiger partial charge < -0.3 is 5.32 Å². The van der Waals surface area contributed by atoms with Crippen molar-refractivity contribution < 1.29 is 9.59 Å². The Balaban J connectivity index is 2.07. The van der Waals surface area contributed by atoms with Gasteiger partial charge in [0, 0.05) is 23.9 Å². The second kappa shape index (κ2) is 4.63. The second-order valence-corrected chi connectivity index (χ2v) is 6.02. The van der Waals surface area contributed by atoms with Crippen molar-refractivity contribution in [2.75, 3.05) is 16.8 Å². The Morgan fingerprint density at radius 3 is 2.74 bits per heavy atom. The van der Waals surface area contributed by atoms with Gasteiger partial charge in [-0.15, -0.1) is 0 Å². The summed E-state index contributed by atoms with van der Waals surface area (Å²) in [6.45, 7) is 2.30. The van der Waals surface area contributed by atoms with Crippen LogP contribution in [0.25, 0.3) is 0 Å². The summed E-state index contributed by atoms with van der Waals surface area (Å²) in [4.78, 5) is 25.5. The molecule has 0 aromatic heterocycles. The Kier molecular flexibility index (Phi) is 3.09. The van der Waals surface area contributed by atoms with Gasteiger partial charge in [0.1, 0.15) is 0 Å². The molecule has 2 amide bonds. The molecule has 1 aliphatic heterocycles. The van der Waals surface area contributed by atoms with Crippen LogP contribution < -0.4 is 10.2 Å². The smallest absolute Gasteiger partial charge is 0.236 e. The SMILES string of the molecule is CC(=O)N(C(=O)C1CC1)c1cc(Br)cc2c1NCC2. The molecule has 0 saturated heterocycles. The Morgan fingerprint density at radius 1 is 1.37 bits per heavy atom. The van der Waals surface area contributed by atoms with E-state index in [1.54, 1.807) is 0 Å². The average molecular weight is 323 g/mol. The fraction of sp³-hybridized carbons (Fsp3) is 0.429. The van der Waals surface area contributed by atoms with Crippen molar-refractivity contribution in [1.29, 1.82) is 0 Å². The van der Waals surface area contributed by atoms with Crippen LogP contribution in [0.5, 0.6) is 0 Å². The first-order chi connectivity index (χ1) is 9.08. The van der Waals surface area contributed by atoms with Crippen molar-refractivity contribution in [3.8, 4) is 0 Å². The number of fused-ring (bicyclic) bond motifs is 1. The van der Waals surface area contributed by atoms with Crippen molar-refractivity contribution in [1.82, 2.24) is 0 Å². The third-order valence-electron chi connectivity index (χ3n) is 3.56. The zero-order chi connectivity index (χ0) is 13.6. The molecule has 0 bridgehead atoms. The molecule has 1 N–H and O–H groups in total. The number of carbonyl (C=O) groups excluding carboxylic acids is 2. The van der Waals surface area contributed by atoms with E-state index in [2.05, 4.69) is 21.2 Å². The maximum absolute atomic E-state index is 12.3. The van der Waals surface area contributed by atoms with Gasteiger partial charge >= 0.3 is 0 Å². The van der Waals surface area contributed by atoms with E-state index < -0.39 is 0 Å². The van der Waals surface area contributed by atoms with E-state index in [9.17, 15) is 9.59 Å². The first-order valence-electron chi connectivity index (χ1n) is 6.49. The zero-order valence-electron chi connectivity index (χ0n) is 10.7. The predicted molar refractivity (Wildman–Crippen MR) is 77.2 cm³/mol. The summed E-state index contributed by atoms with van der Waals surface area (Å²) in [6, 6.07) is 3.89. The zero-order valence-corrected chi connectivity index (χ0v) is 12.3. The Bertz CT molecular complexity index is 567. The van der Waals surface area contributed by atoms with Crippen LogP contribution in [-0.4, -0.2) is 18.4 Å². The Hall–Kier alpha value is -1.36. The minimum absolute atomic E-state index is 0.0277. The molecule has 1 aromatic carbocycles. The van der Waals surface area contributed by atoms with E-state index in [1.165, 1.54) is 11.8 Å². The highest BCUT2D eigenvalue weighted by atomic mass is 79.9. The van der Waals surface area contributed by atoms with Gasteiger partial charge in [-0.1, -0.05) is 15.9 Å². The number of hydrogen-bond acceptors (Lipinski definition) is 3. The maximum Gasteiger partial charge on any atom is 0.236 e. The first-order valence-corrected chi connectivity index (χ1v) is 7.28. The number of amides is 2. The molecule has 1 saturated carbocycles. The lowest BCUT2D eigenvalue weighted by molar-refractivity contribution is -0.126. The van der Waals surface area contributed by atoms with Crippen molar-refractivity contribution in [3.05, 3.63) is 22.2 Å². The molecule has 1 aromatic rings. The summed E-state index contributed by atoms with van der Waals surface area (Å²) in [6.07, 6.45) is 2.71. The number of rotatable bonds is 2. The van der Waals surface area contributed by atoms with Crippen LogP contribution in [0.3, 0.4) is 0 Å². The van der Waals surface area contributed by atoms with Crippen LogP contribution in [0.15, 0.2) is 16.6 Å². The van der Waals surface area contributed by atoms with Crippen LogP contribution in [-0.2, 0) is 16.0 Å². The maximum atomic E-state index is 12.3. The van der Waals surface area contributed by atoms with E-state index >= 15 is 0 Å². The van der Waals surface area contributed by atoms with Gasteiger partial charge in [0.25, 0.3) is 0 Å². The first kappa shape index (κ1) is 12.7. The molecular weight excluding hydrogens is 308 g/mol. The fourth-order valence-electron chi connectivity index (χ4n) is 2.50. The van der Waals surface area contributed by atoms with Crippen molar-refractivity contribution in [2.24, 2.45) is 5.92 Å². The average Bonchev–Trinajstić information content (AvgIpc) is 3.08. The lowest BCUT2D eigenvalue weighted by Gasteiger charge is -2.22. The van der Waals surface area contributed by atoms with Gasteiger partial charge in [-0.2, -0.15) is 0 Å². The number of halogens is 1. The van der Waals surface area contributed by atoms with Crippen LogP contribution in [0.2, 0.25) is 0 Å². The topological polar surface area (TPSA) is 49.4 Å².